The van der Waals surface area contributed by atoms with Gasteiger partial charge in [-0.3, -0.25) is 10.1 Å². The summed E-state index contributed by atoms with van der Waals surface area (Å²) < 4.78 is 8.09. The van der Waals surface area contributed by atoms with E-state index in [1.807, 2.05) is 30.3 Å². The van der Waals surface area contributed by atoms with Crippen molar-refractivity contribution in [3.63, 3.8) is 0 Å². The highest BCUT2D eigenvalue weighted by Gasteiger charge is 2.18. The smallest absolute Gasteiger partial charge is 0.269 e. The average molecular weight is 439 g/mol. The fourth-order valence-electron chi connectivity index (χ4n) is 3.11. The highest BCUT2D eigenvalue weighted by molar-refractivity contribution is 9.10. The third-order valence-corrected chi connectivity index (χ3v) is 4.91. The molecule has 0 amide bonds. The number of fused-ring (bicyclic) bond motifs is 1. The first-order chi connectivity index (χ1) is 13.6. The van der Waals surface area contributed by atoms with E-state index in [4.69, 9.17) is 9.84 Å². The van der Waals surface area contributed by atoms with Gasteiger partial charge in [0.25, 0.3) is 5.69 Å². The Kier molecular flexibility index (Phi) is 4.89. The molecule has 28 heavy (non-hydrogen) atoms. The van der Waals surface area contributed by atoms with E-state index in [0.29, 0.717) is 12.3 Å². The van der Waals surface area contributed by atoms with Crippen LogP contribution in [0.25, 0.3) is 28.0 Å². The first kappa shape index (κ1) is 18.3. The number of halogens is 1. The zero-order chi connectivity index (χ0) is 19.7. The maximum atomic E-state index is 10.9. The maximum Gasteiger partial charge on any atom is 0.269 e. The number of non-ortho nitro benzene ring substituents is 1. The van der Waals surface area contributed by atoms with Crippen LogP contribution in [-0.2, 0) is 11.3 Å². The summed E-state index contributed by atoms with van der Waals surface area (Å²) in [6, 6.07) is 16.2. The van der Waals surface area contributed by atoms with E-state index in [2.05, 4.69) is 20.9 Å². The second kappa shape index (κ2) is 7.49. The molecule has 0 saturated heterocycles. The Balaban J connectivity index is 1.92. The van der Waals surface area contributed by atoms with Gasteiger partial charge in [0.05, 0.1) is 28.5 Å². The summed E-state index contributed by atoms with van der Waals surface area (Å²) in [5, 5.41) is 15.6. The summed E-state index contributed by atoms with van der Waals surface area (Å²) in [7, 11) is 1.63. The third-order valence-electron chi connectivity index (χ3n) is 4.38. The molecular formula is C20H15BrN4O3. The van der Waals surface area contributed by atoms with Gasteiger partial charge in [-0.2, -0.15) is 5.10 Å². The number of nitro groups is 1. The second-order valence-electron chi connectivity index (χ2n) is 6.13. The summed E-state index contributed by atoms with van der Waals surface area (Å²) in [6.45, 7) is 0.342. The molecule has 8 heteroatoms. The van der Waals surface area contributed by atoms with Crippen molar-refractivity contribution in [2.75, 3.05) is 7.11 Å². The van der Waals surface area contributed by atoms with Crippen LogP contribution in [0.5, 0.6) is 0 Å². The number of ether oxygens (including phenoxy) is 1. The Morgan fingerprint density at radius 3 is 2.39 bits per heavy atom. The number of benzene rings is 2. The van der Waals surface area contributed by atoms with Gasteiger partial charge in [-0.05, 0) is 35.9 Å². The normalized spacial score (nSPS) is 11.1. The standard InChI is InChI=1S/C20H15BrN4O3/c1-28-12-17-19(14-2-6-15(21)7-3-14)20-22-11-10-18(24(20)23-17)13-4-8-16(9-5-13)25(26)27/h2-11H,12H2,1H3. The summed E-state index contributed by atoms with van der Waals surface area (Å²) in [5.41, 5.74) is 5.01. The number of rotatable bonds is 5. The van der Waals surface area contributed by atoms with Gasteiger partial charge in [-0.1, -0.05) is 28.1 Å². The van der Waals surface area contributed by atoms with E-state index in [1.54, 1.807) is 30.0 Å². The molecule has 2 heterocycles. The number of nitro benzene ring substituents is 1. The quantitative estimate of drug-likeness (QED) is 0.327. The van der Waals surface area contributed by atoms with Gasteiger partial charge in [0.2, 0.25) is 0 Å². The third kappa shape index (κ3) is 3.28. The number of methoxy groups -OCH3 is 1. The van der Waals surface area contributed by atoms with Crippen molar-refractivity contribution >= 4 is 27.3 Å². The summed E-state index contributed by atoms with van der Waals surface area (Å²) >= 11 is 3.46. The topological polar surface area (TPSA) is 82.6 Å². The lowest BCUT2D eigenvalue weighted by atomic mass is 10.1. The number of nitrogens with zero attached hydrogens (tertiary/aromatic N) is 4. The van der Waals surface area contributed by atoms with Crippen LogP contribution in [0.2, 0.25) is 0 Å². The van der Waals surface area contributed by atoms with Crippen LogP contribution in [0.4, 0.5) is 5.69 Å². The largest absolute Gasteiger partial charge is 0.378 e. The highest BCUT2D eigenvalue weighted by Crippen LogP contribution is 2.32. The molecule has 7 nitrogen and oxygen atoms in total. The van der Waals surface area contributed by atoms with Crippen molar-refractivity contribution in [3.8, 4) is 22.4 Å². The lowest BCUT2D eigenvalue weighted by Crippen LogP contribution is -1.97. The van der Waals surface area contributed by atoms with Gasteiger partial charge in [0.1, 0.15) is 0 Å². The number of hydrogen-bond donors (Lipinski definition) is 0. The molecule has 0 aliphatic carbocycles. The minimum absolute atomic E-state index is 0.0464. The van der Waals surface area contributed by atoms with Crippen LogP contribution >= 0.6 is 15.9 Å². The first-order valence-corrected chi connectivity index (χ1v) is 9.24. The molecule has 0 radical (unpaired) electrons. The second-order valence-corrected chi connectivity index (χ2v) is 7.05. The monoisotopic (exact) mass is 438 g/mol. The fourth-order valence-corrected chi connectivity index (χ4v) is 3.38. The predicted octanol–water partition coefficient (Wildman–Crippen LogP) is 4.88. The number of aromatic nitrogens is 3. The summed E-state index contributed by atoms with van der Waals surface area (Å²) in [4.78, 5) is 15.0. The SMILES string of the molecule is COCc1nn2c(-c3ccc([N+](=O)[O-])cc3)ccnc2c1-c1ccc(Br)cc1. The van der Waals surface area contributed by atoms with Crippen molar-refractivity contribution in [1.82, 2.24) is 14.6 Å². The van der Waals surface area contributed by atoms with Gasteiger partial charge < -0.3 is 4.74 Å². The molecule has 0 atom stereocenters. The van der Waals surface area contributed by atoms with Crippen molar-refractivity contribution in [1.29, 1.82) is 0 Å². The van der Waals surface area contributed by atoms with Crippen LogP contribution in [-0.4, -0.2) is 26.6 Å². The minimum Gasteiger partial charge on any atom is -0.378 e. The van der Waals surface area contributed by atoms with Crippen molar-refractivity contribution in [2.24, 2.45) is 0 Å². The van der Waals surface area contributed by atoms with E-state index in [1.165, 1.54) is 12.1 Å². The maximum absolute atomic E-state index is 10.9. The highest BCUT2D eigenvalue weighted by atomic mass is 79.9. The van der Waals surface area contributed by atoms with Gasteiger partial charge in [-0.25, -0.2) is 9.50 Å². The van der Waals surface area contributed by atoms with Gasteiger partial charge in [0.15, 0.2) is 5.65 Å². The Hall–Kier alpha value is -3.10. The molecule has 0 fully saturated rings. The molecule has 4 rings (SSSR count). The van der Waals surface area contributed by atoms with Crippen LogP contribution in [0, 0.1) is 10.1 Å². The molecule has 140 valence electrons. The summed E-state index contributed by atoms with van der Waals surface area (Å²) in [6.07, 6.45) is 1.71. The molecule has 2 aromatic carbocycles. The number of hydrogen-bond acceptors (Lipinski definition) is 5. The fraction of sp³-hybridized carbons (Fsp3) is 0.100. The Labute approximate surface area is 168 Å². The van der Waals surface area contributed by atoms with Gasteiger partial charge in [0, 0.05) is 35.5 Å². The van der Waals surface area contributed by atoms with Crippen molar-refractivity contribution < 1.29 is 9.66 Å². The zero-order valence-electron chi connectivity index (χ0n) is 14.9. The van der Waals surface area contributed by atoms with Crippen molar-refractivity contribution in [3.05, 3.63) is 81.1 Å². The molecular weight excluding hydrogens is 424 g/mol. The van der Waals surface area contributed by atoms with Gasteiger partial charge in [-0.15, -0.1) is 0 Å². The molecule has 0 unspecified atom stereocenters. The van der Waals surface area contributed by atoms with Crippen LogP contribution in [0.1, 0.15) is 5.69 Å². The first-order valence-electron chi connectivity index (χ1n) is 8.45. The van der Waals surface area contributed by atoms with Crippen molar-refractivity contribution in [2.45, 2.75) is 6.61 Å². The Morgan fingerprint density at radius 1 is 1.07 bits per heavy atom. The average Bonchev–Trinajstić information content (AvgIpc) is 3.07. The molecule has 2 aromatic heterocycles. The van der Waals surface area contributed by atoms with E-state index in [9.17, 15) is 10.1 Å². The molecule has 0 N–H and O–H groups in total. The van der Waals surface area contributed by atoms with E-state index in [-0.39, 0.29) is 5.69 Å². The lowest BCUT2D eigenvalue weighted by Gasteiger charge is -2.05. The lowest BCUT2D eigenvalue weighted by molar-refractivity contribution is -0.384. The molecule has 0 saturated carbocycles. The minimum atomic E-state index is -0.415. The molecule has 0 aliphatic heterocycles. The van der Waals surface area contributed by atoms with E-state index < -0.39 is 4.92 Å². The van der Waals surface area contributed by atoms with Crippen LogP contribution in [0.3, 0.4) is 0 Å². The van der Waals surface area contributed by atoms with E-state index in [0.717, 1.165) is 32.6 Å². The predicted molar refractivity (Wildman–Crippen MR) is 109 cm³/mol. The van der Waals surface area contributed by atoms with E-state index >= 15 is 0 Å². The zero-order valence-corrected chi connectivity index (χ0v) is 16.5. The Bertz CT molecular complexity index is 1150. The molecule has 0 bridgehead atoms. The molecule has 4 aromatic rings. The molecule has 0 aliphatic rings. The van der Waals surface area contributed by atoms with Crippen LogP contribution in [0.15, 0.2) is 65.3 Å². The molecule has 0 spiro atoms. The van der Waals surface area contributed by atoms with Crippen LogP contribution < -0.4 is 0 Å². The van der Waals surface area contributed by atoms with Gasteiger partial charge >= 0.3 is 0 Å². The Morgan fingerprint density at radius 2 is 1.75 bits per heavy atom. The summed E-state index contributed by atoms with van der Waals surface area (Å²) in [5.74, 6) is 0.